The van der Waals surface area contributed by atoms with Crippen LogP contribution in [0.5, 0.6) is 0 Å². The van der Waals surface area contributed by atoms with Gasteiger partial charge in [0.15, 0.2) is 0 Å². The molecule has 0 saturated heterocycles. The average Bonchev–Trinajstić information content (AvgIpc) is 3.19. The van der Waals surface area contributed by atoms with E-state index in [9.17, 15) is 9.59 Å². The van der Waals surface area contributed by atoms with Crippen LogP contribution in [-0.2, 0) is 17.9 Å². The molecule has 1 heterocycles. The van der Waals surface area contributed by atoms with Gasteiger partial charge in [0, 0.05) is 18.3 Å². The van der Waals surface area contributed by atoms with Crippen LogP contribution in [-0.4, -0.2) is 34.3 Å². The number of urea groups is 1. The SMILES string of the molecule is Cc1ccc(CN(Cc2ccccc2)C(=O)CN(C(=O)Nc2c(C)cccc2C)C(C)C)o1. The standard InChI is InChI=1S/C27H33N3O3/c1-19(2)30(27(32)28-26-20(3)10-9-11-21(26)4)18-25(31)29(16-23-12-7-6-8-13-23)17-24-15-14-22(5)33-24/h6-15,19H,16-18H2,1-5H3,(H,28,32). The lowest BCUT2D eigenvalue weighted by Gasteiger charge is -2.30. The Labute approximate surface area is 196 Å². The lowest BCUT2D eigenvalue weighted by Crippen LogP contribution is -2.47. The van der Waals surface area contributed by atoms with Crippen LogP contribution in [0.1, 0.15) is 42.1 Å². The highest BCUT2D eigenvalue weighted by Gasteiger charge is 2.25. The van der Waals surface area contributed by atoms with E-state index in [-0.39, 0.29) is 24.5 Å². The van der Waals surface area contributed by atoms with Gasteiger partial charge in [-0.25, -0.2) is 4.79 Å². The highest BCUT2D eigenvalue weighted by molar-refractivity contribution is 5.93. The zero-order valence-corrected chi connectivity index (χ0v) is 20.1. The minimum Gasteiger partial charge on any atom is -0.464 e. The van der Waals surface area contributed by atoms with Gasteiger partial charge in [-0.05, 0) is 63.4 Å². The number of hydrogen-bond acceptors (Lipinski definition) is 3. The summed E-state index contributed by atoms with van der Waals surface area (Å²) in [5.41, 5.74) is 3.77. The fourth-order valence-electron chi connectivity index (χ4n) is 3.72. The van der Waals surface area contributed by atoms with Gasteiger partial charge in [0.25, 0.3) is 0 Å². The van der Waals surface area contributed by atoms with Crippen LogP contribution >= 0.6 is 0 Å². The molecule has 2 aromatic carbocycles. The molecule has 0 spiro atoms. The third-order valence-electron chi connectivity index (χ3n) is 5.61. The fraction of sp³-hybridized carbons (Fsp3) is 0.333. The molecule has 1 aromatic heterocycles. The third kappa shape index (κ3) is 6.48. The van der Waals surface area contributed by atoms with Crippen LogP contribution in [0, 0.1) is 20.8 Å². The summed E-state index contributed by atoms with van der Waals surface area (Å²) in [6.07, 6.45) is 0. The normalized spacial score (nSPS) is 10.8. The van der Waals surface area contributed by atoms with Crippen LogP contribution in [0.15, 0.2) is 65.1 Å². The Morgan fingerprint density at radius 1 is 0.879 bits per heavy atom. The van der Waals surface area contributed by atoms with Crippen LogP contribution in [0.4, 0.5) is 10.5 Å². The number of hydrogen-bond donors (Lipinski definition) is 1. The molecule has 0 unspecified atom stereocenters. The van der Waals surface area contributed by atoms with E-state index >= 15 is 0 Å². The van der Waals surface area contributed by atoms with Crippen molar-refractivity contribution in [1.82, 2.24) is 9.80 Å². The lowest BCUT2D eigenvalue weighted by molar-refractivity contribution is -0.133. The number of furan rings is 1. The third-order valence-corrected chi connectivity index (χ3v) is 5.61. The molecule has 6 heteroatoms. The predicted molar refractivity (Wildman–Crippen MR) is 131 cm³/mol. The van der Waals surface area contributed by atoms with Crippen molar-refractivity contribution in [3.05, 3.63) is 88.9 Å². The first-order valence-electron chi connectivity index (χ1n) is 11.3. The number of amides is 3. The van der Waals surface area contributed by atoms with Crippen molar-refractivity contribution < 1.29 is 14.0 Å². The minimum atomic E-state index is -0.288. The summed E-state index contributed by atoms with van der Waals surface area (Å²) in [5.74, 6) is 1.38. The smallest absolute Gasteiger partial charge is 0.322 e. The van der Waals surface area contributed by atoms with E-state index < -0.39 is 0 Å². The second-order valence-electron chi connectivity index (χ2n) is 8.67. The number of carbonyl (C=O) groups excluding carboxylic acids is 2. The highest BCUT2D eigenvalue weighted by atomic mass is 16.3. The molecule has 1 N–H and O–H groups in total. The number of anilines is 1. The molecular weight excluding hydrogens is 414 g/mol. The Kier molecular flexibility index (Phi) is 7.93. The average molecular weight is 448 g/mol. The van der Waals surface area contributed by atoms with Crippen molar-refractivity contribution in [1.29, 1.82) is 0 Å². The molecule has 0 saturated carbocycles. The molecule has 0 aliphatic carbocycles. The van der Waals surface area contributed by atoms with E-state index in [1.807, 2.05) is 95.3 Å². The zero-order valence-electron chi connectivity index (χ0n) is 20.1. The van der Waals surface area contributed by atoms with Gasteiger partial charge in [0.05, 0.1) is 6.54 Å². The van der Waals surface area contributed by atoms with Crippen molar-refractivity contribution in [2.75, 3.05) is 11.9 Å². The maximum atomic E-state index is 13.4. The topological polar surface area (TPSA) is 65.8 Å². The van der Waals surface area contributed by atoms with Crippen molar-refractivity contribution in [3.63, 3.8) is 0 Å². The van der Waals surface area contributed by atoms with Crippen LogP contribution in [0.3, 0.4) is 0 Å². The Morgan fingerprint density at radius 3 is 2.12 bits per heavy atom. The maximum Gasteiger partial charge on any atom is 0.322 e. The van der Waals surface area contributed by atoms with Crippen molar-refractivity contribution in [2.24, 2.45) is 0 Å². The molecule has 3 rings (SSSR count). The lowest BCUT2D eigenvalue weighted by atomic mass is 10.1. The molecule has 0 radical (unpaired) electrons. The summed E-state index contributed by atoms with van der Waals surface area (Å²) in [6.45, 7) is 10.4. The van der Waals surface area contributed by atoms with Gasteiger partial charge < -0.3 is 19.5 Å². The van der Waals surface area contributed by atoms with Gasteiger partial charge in [-0.15, -0.1) is 0 Å². The second kappa shape index (κ2) is 10.9. The molecule has 0 fully saturated rings. The molecule has 33 heavy (non-hydrogen) atoms. The van der Waals surface area contributed by atoms with E-state index in [0.717, 1.165) is 28.1 Å². The van der Waals surface area contributed by atoms with Crippen molar-refractivity contribution in [3.8, 4) is 0 Å². The van der Waals surface area contributed by atoms with Crippen LogP contribution in [0.2, 0.25) is 0 Å². The first-order chi connectivity index (χ1) is 15.7. The molecule has 174 valence electrons. The molecule has 3 amide bonds. The molecule has 0 bridgehead atoms. The quantitative estimate of drug-likeness (QED) is 0.483. The summed E-state index contributed by atoms with van der Waals surface area (Å²) >= 11 is 0. The van der Waals surface area contributed by atoms with Gasteiger partial charge in [-0.1, -0.05) is 48.5 Å². The van der Waals surface area contributed by atoms with Gasteiger partial charge in [0.1, 0.15) is 18.1 Å². The second-order valence-corrected chi connectivity index (χ2v) is 8.67. The van der Waals surface area contributed by atoms with Crippen molar-refractivity contribution in [2.45, 2.75) is 53.8 Å². The molecule has 3 aromatic rings. The van der Waals surface area contributed by atoms with Crippen molar-refractivity contribution >= 4 is 17.6 Å². The minimum absolute atomic E-state index is 0.0268. The largest absolute Gasteiger partial charge is 0.464 e. The van der Waals surface area contributed by atoms with E-state index in [1.165, 1.54) is 0 Å². The number of carbonyl (C=O) groups is 2. The molecule has 0 aliphatic heterocycles. The van der Waals surface area contributed by atoms with Gasteiger partial charge in [-0.2, -0.15) is 0 Å². The molecule has 6 nitrogen and oxygen atoms in total. The summed E-state index contributed by atoms with van der Waals surface area (Å²) in [5, 5.41) is 3.00. The first kappa shape index (κ1) is 24.1. The summed E-state index contributed by atoms with van der Waals surface area (Å²) < 4.78 is 5.72. The van der Waals surface area contributed by atoms with E-state index in [0.29, 0.717) is 18.8 Å². The number of aryl methyl sites for hydroxylation is 3. The van der Waals surface area contributed by atoms with E-state index in [4.69, 9.17) is 4.42 Å². The van der Waals surface area contributed by atoms with Gasteiger partial charge >= 0.3 is 6.03 Å². The molecule has 0 aliphatic rings. The number of nitrogens with zero attached hydrogens (tertiary/aromatic N) is 2. The van der Waals surface area contributed by atoms with Gasteiger partial charge in [0.2, 0.25) is 5.91 Å². The van der Waals surface area contributed by atoms with Crippen LogP contribution < -0.4 is 5.32 Å². The van der Waals surface area contributed by atoms with E-state index in [2.05, 4.69) is 5.32 Å². The summed E-state index contributed by atoms with van der Waals surface area (Å²) in [6, 6.07) is 19.0. The summed E-state index contributed by atoms with van der Waals surface area (Å²) in [4.78, 5) is 29.9. The van der Waals surface area contributed by atoms with Gasteiger partial charge in [-0.3, -0.25) is 4.79 Å². The maximum absolute atomic E-state index is 13.4. The number of para-hydroxylation sites is 1. The van der Waals surface area contributed by atoms with E-state index in [1.54, 1.807) is 9.80 Å². The Bertz CT molecular complexity index is 1070. The first-order valence-corrected chi connectivity index (χ1v) is 11.3. The fourth-order valence-corrected chi connectivity index (χ4v) is 3.72. The predicted octanol–water partition coefficient (Wildman–Crippen LogP) is 5.68. The highest BCUT2D eigenvalue weighted by Crippen LogP contribution is 2.21. The monoisotopic (exact) mass is 447 g/mol. The molecule has 0 atom stereocenters. The number of benzene rings is 2. The Hall–Kier alpha value is -3.54. The Balaban J connectivity index is 1.78. The Morgan fingerprint density at radius 2 is 1.55 bits per heavy atom. The number of nitrogens with one attached hydrogen (secondary N) is 1. The summed E-state index contributed by atoms with van der Waals surface area (Å²) in [7, 11) is 0. The molecular formula is C27H33N3O3. The number of rotatable bonds is 8. The zero-order chi connectivity index (χ0) is 24.0. The van der Waals surface area contributed by atoms with Crippen LogP contribution in [0.25, 0.3) is 0 Å².